The van der Waals surface area contributed by atoms with Gasteiger partial charge in [-0.15, -0.1) is 11.3 Å². The van der Waals surface area contributed by atoms with Gasteiger partial charge in [-0.25, -0.2) is 4.79 Å². The molecule has 0 bridgehead atoms. The van der Waals surface area contributed by atoms with Crippen molar-refractivity contribution in [1.82, 2.24) is 4.90 Å². The lowest BCUT2D eigenvalue weighted by Gasteiger charge is -2.43. The van der Waals surface area contributed by atoms with Crippen LogP contribution in [0.3, 0.4) is 0 Å². The molecule has 0 radical (unpaired) electrons. The number of likely N-dealkylation sites (tertiary alicyclic amines) is 1. The number of benzene rings is 2. The van der Waals surface area contributed by atoms with Crippen LogP contribution >= 0.6 is 23.6 Å². The number of thiocarbonyl (C=S) groups is 1. The summed E-state index contributed by atoms with van der Waals surface area (Å²) in [6, 6.07) is 19.9. The maximum absolute atomic E-state index is 12.5. The maximum Gasteiger partial charge on any atom is 0.341 e. The number of piperidine rings is 1. The third-order valence-electron chi connectivity index (χ3n) is 7.33. The smallest absolute Gasteiger partial charge is 0.341 e. The van der Waals surface area contributed by atoms with Gasteiger partial charge >= 0.3 is 5.97 Å². The molecule has 1 saturated heterocycles. The van der Waals surface area contributed by atoms with Crippen LogP contribution in [-0.2, 0) is 23.2 Å². The van der Waals surface area contributed by atoms with Crippen LogP contribution in [0.1, 0.15) is 51.2 Å². The van der Waals surface area contributed by atoms with Gasteiger partial charge in [0.25, 0.3) is 0 Å². The van der Waals surface area contributed by atoms with E-state index in [1.165, 1.54) is 12.0 Å². The van der Waals surface area contributed by atoms with E-state index in [1.807, 2.05) is 60.7 Å². The Morgan fingerprint density at radius 2 is 1.66 bits per heavy atom. The van der Waals surface area contributed by atoms with Gasteiger partial charge in [0.05, 0.1) is 12.7 Å². The summed E-state index contributed by atoms with van der Waals surface area (Å²) in [5, 5.41) is 16.9. The summed E-state index contributed by atoms with van der Waals surface area (Å²) < 4.78 is 5.07. The molecule has 5 rings (SSSR count). The summed E-state index contributed by atoms with van der Waals surface area (Å²) >= 11 is 7.39. The summed E-state index contributed by atoms with van der Waals surface area (Å²) in [4.78, 5) is 15.9. The van der Waals surface area contributed by atoms with Crippen molar-refractivity contribution in [1.29, 1.82) is 0 Å². The molecule has 0 amide bonds. The number of rotatable bonds is 5. The van der Waals surface area contributed by atoms with Crippen LogP contribution in [0.2, 0.25) is 0 Å². The zero-order valence-electron chi connectivity index (χ0n) is 19.8. The van der Waals surface area contributed by atoms with E-state index in [2.05, 4.69) is 10.2 Å². The Morgan fingerprint density at radius 3 is 2.23 bits per heavy atom. The lowest BCUT2D eigenvalue weighted by atomic mass is 9.72. The van der Waals surface area contributed by atoms with E-state index < -0.39 is 5.60 Å². The van der Waals surface area contributed by atoms with Crippen molar-refractivity contribution < 1.29 is 14.6 Å². The Kier molecular flexibility index (Phi) is 6.91. The van der Waals surface area contributed by atoms with Crippen LogP contribution in [0.25, 0.3) is 0 Å². The normalized spacial score (nSPS) is 16.1. The van der Waals surface area contributed by atoms with Crippen molar-refractivity contribution >= 4 is 39.6 Å². The number of aryl methyl sites for hydroxylation is 1. The SMILES string of the molecule is COC(=O)c1c(NC(=S)N2CCC(C(O)(c3ccccc3)c3ccccc3)CC2)sc2c1CCC2. The number of anilines is 1. The molecule has 2 N–H and O–H groups in total. The van der Waals surface area contributed by atoms with Crippen LogP contribution < -0.4 is 5.32 Å². The minimum Gasteiger partial charge on any atom is -0.465 e. The van der Waals surface area contributed by atoms with E-state index in [4.69, 9.17) is 17.0 Å². The number of fused-ring (bicyclic) bond motifs is 1. The molecule has 0 spiro atoms. The van der Waals surface area contributed by atoms with Crippen molar-refractivity contribution in [2.24, 2.45) is 5.92 Å². The second-order valence-electron chi connectivity index (χ2n) is 9.24. The highest BCUT2D eigenvalue weighted by molar-refractivity contribution is 7.80. The van der Waals surface area contributed by atoms with Crippen molar-refractivity contribution in [3.05, 3.63) is 87.8 Å². The Bertz CT molecular complexity index is 1160. The van der Waals surface area contributed by atoms with Crippen LogP contribution in [0.15, 0.2) is 60.7 Å². The molecular weight excluding hydrogens is 476 g/mol. The van der Waals surface area contributed by atoms with E-state index in [0.29, 0.717) is 10.7 Å². The van der Waals surface area contributed by atoms with E-state index >= 15 is 0 Å². The monoisotopic (exact) mass is 506 g/mol. The Hall–Kier alpha value is -2.74. The van der Waals surface area contributed by atoms with E-state index in [1.54, 1.807) is 11.3 Å². The third-order valence-corrected chi connectivity index (χ3v) is 8.90. The molecule has 0 saturated carbocycles. The van der Waals surface area contributed by atoms with Crippen LogP contribution in [-0.4, -0.2) is 41.3 Å². The number of esters is 1. The average Bonchev–Trinajstić information content (AvgIpc) is 3.50. The molecule has 3 aromatic rings. The number of nitrogens with zero attached hydrogens (tertiary/aromatic N) is 1. The lowest BCUT2D eigenvalue weighted by Crippen LogP contribution is -2.47. The number of nitrogens with one attached hydrogen (secondary N) is 1. The van der Waals surface area contributed by atoms with Crippen LogP contribution in [0.5, 0.6) is 0 Å². The maximum atomic E-state index is 12.5. The lowest BCUT2D eigenvalue weighted by molar-refractivity contribution is -0.00631. The first-order valence-electron chi connectivity index (χ1n) is 12.1. The first-order valence-corrected chi connectivity index (χ1v) is 13.4. The molecular formula is C28H30N2O3S2. The molecule has 7 heteroatoms. The molecule has 1 aliphatic heterocycles. The van der Waals surface area contributed by atoms with Gasteiger partial charge in [-0.05, 0) is 66.9 Å². The number of methoxy groups -OCH3 is 1. The molecule has 1 fully saturated rings. The summed E-state index contributed by atoms with van der Waals surface area (Å²) in [7, 11) is 1.43. The number of carbonyl (C=O) groups is 1. The molecule has 182 valence electrons. The molecule has 0 unspecified atom stereocenters. The van der Waals surface area contributed by atoms with Crippen molar-refractivity contribution in [2.75, 3.05) is 25.5 Å². The largest absolute Gasteiger partial charge is 0.465 e. The Morgan fingerprint density at radius 1 is 1.06 bits per heavy atom. The van der Waals surface area contributed by atoms with E-state index in [0.717, 1.165) is 66.9 Å². The molecule has 0 atom stereocenters. The first kappa shape index (κ1) is 24.0. The first-order chi connectivity index (χ1) is 17.0. The van der Waals surface area contributed by atoms with Gasteiger partial charge in [0.2, 0.25) is 0 Å². The summed E-state index contributed by atoms with van der Waals surface area (Å²) in [5.74, 6) is -0.244. The van der Waals surface area contributed by atoms with Gasteiger partial charge in [-0.3, -0.25) is 0 Å². The average molecular weight is 507 g/mol. The zero-order valence-corrected chi connectivity index (χ0v) is 21.5. The fourth-order valence-electron chi connectivity index (χ4n) is 5.51. The fraction of sp³-hybridized carbons (Fsp3) is 0.357. The predicted molar refractivity (Wildman–Crippen MR) is 144 cm³/mol. The Balaban J connectivity index is 1.32. The van der Waals surface area contributed by atoms with Crippen molar-refractivity contribution in [3.8, 4) is 0 Å². The molecule has 1 aliphatic carbocycles. The zero-order chi connectivity index (χ0) is 24.4. The summed E-state index contributed by atoms with van der Waals surface area (Å²) in [6.07, 6.45) is 4.59. The third kappa shape index (κ3) is 4.48. The molecule has 2 aliphatic rings. The van der Waals surface area contributed by atoms with Gasteiger partial charge in [0.15, 0.2) is 5.11 Å². The van der Waals surface area contributed by atoms with E-state index in [-0.39, 0.29) is 11.9 Å². The molecule has 1 aromatic heterocycles. The van der Waals surface area contributed by atoms with E-state index in [9.17, 15) is 9.90 Å². The number of ether oxygens (including phenoxy) is 1. The number of carbonyl (C=O) groups excluding carboxylic acids is 1. The number of hydrogen-bond donors (Lipinski definition) is 2. The topological polar surface area (TPSA) is 61.8 Å². The second kappa shape index (κ2) is 10.1. The minimum atomic E-state index is -1.06. The highest BCUT2D eigenvalue weighted by atomic mass is 32.1. The Labute approximate surface area is 215 Å². The highest BCUT2D eigenvalue weighted by Crippen LogP contribution is 2.43. The number of aliphatic hydroxyl groups is 1. The predicted octanol–water partition coefficient (Wildman–Crippen LogP) is 5.37. The standard InChI is InChI=1S/C28H30N2O3S2/c1-33-26(31)24-22-13-8-14-23(22)35-25(24)29-27(34)30-17-15-21(16-18-30)28(32,19-9-4-2-5-10-19)20-11-6-3-7-12-20/h2-7,9-12,21,32H,8,13-18H2,1H3,(H,29,34). The molecule has 2 heterocycles. The minimum absolute atomic E-state index is 0.0579. The second-order valence-corrected chi connectivity index (χ2v) is 10.7. The van der Waals surface area contributed by atoms with Gasteiger partial charge in [-0.2, -0.15) is 0 Å². The van der Waals surface area contributed by atoms with Gasteiger partial charge < -0.3 is 20.1 Å². The number of thiophene rings is 1. The molecule has 35 heavy (non-hydrogen) atoms. The van der Waals surface area contributed by atoms with Gasteiger partial charge in [0, 0.05) is 18.0 Å². The van der Waals surface area contributed by atoms with Crippen molar-refractivity contribution in [2.45, 2.75) is 37.7 Å². The molecule has 2 aromatic carbocycles. The quantitative estimate of drug-likeness (QED) is 0.358. The number of hydrogen-bond acceptors (Lipinski definition) is 5. The van der Waals surface area contributed by atoms with Crippen LogP contribution in [0.4, 0.5) is 5.00 Å². The highest BCUT2D eigenvalue weighted by Gasteiger charge is 2.42. The van der Waals surface area contributed by atoms with Gasteiger partial charge in [-0.1, -0.05) is 60.7 Å². The van der Waals surface area contributed by atoms with Gasteiger partial charge in [0.1, 0.15) is 10.6 Å². The van der Waals surface area contributed by atoms with Crippen LogP contribution in [0, 0.1) is 5.92 Å². The van der Waals surface area contributed by atoms with Crippen molar-refractivity contribution in [3.63, 3.8) is 0 Å². The fourth-order valence-corrected chi connectivity index (χ4v) is 7.14. The molecule has 5 nitrogen and oxygen atoms in total. The summed E-state index contributed by atoms with van der Waals surface area (Å²) in [6.45, 7) is 1.47. The summed E-state index contributed by atoms with van der Waals surface area (Å²) in [5.41, 5.74) is 2.53.